The molecule has 0 spiro atoms. The van der Waals surface area contributed by atoms with Crippen LogP contribution in [0.4, 0.5) is 0 Å². The largest absolute Gasteiger partial charge is 0.345 e. The highest BCUT2D eigenvalue weighted by atomic mass is 16.1. The molecular formula is C30H34N2O. The summed E-state index contributed by atoms with van der Waals surface area (Å²) in [6.07, 6.45) is 6.92. The van der Waals surface area contributed by atoms with Gasteiger partial charge in [-0.3, -0.25) is 9.69 Å². The topological polar surface area (TPSA) is 32.3 Å². The van der Waals surface area contributed by atoms with Gasteiger partial charge in [0, 0.05) is 25.2 Å². The highest BCUT2D eigenvalue weighted by Crippen LogP contribution is 2.26. The van der Waals surface area contributed by atoms with Gasteiger partial charge in [0.1, 0.15) is 0 Å². The summed E-state index contributed by atoms with van der Waals surface area (Å²) in [6.45, 7) is 5.14. The fraction of sp³-hybridized carbons (Fsp3) is 0.367. The third-order valence-corrected chi connectivity index (χ3v) is 7.32. The molecule has 2 aliphatic rings. The Balaban J connectivity index is 1.21. The second-order valence-corrected chi connectivity index (χ2v) is 9.60. The van der Waals surface area contributed by atoms with Crippen LogP contribution >= 0.6 is 0 Å². The second-order valence-electron chi connectivity index (χ2n) is 9.60. The van der Waals surface area contributed by atoms with Gasteiger partial charge in [-0.2, -0.15) is 0 Å². The summed E-state index contributed by atoms with van der Waals surface area (Å²) >= 11 is 0. The first-order chi connectivity index (χ1) is 16.2. The zero-order chi connectivity index (χ0) is 22.6. The van der Waals surface area contributed by atoms with E-state index in [1.807, 2.05) is 12.1 Å². The van der Waals surface area contributed by atoms with Crippen molar-refractivity contribution in [2.24, 2.45) is 0 Å². The van der Waals surface area contributed by atoms with Gasteiger partial charge in [0.2, 0.25) is 0 Å². The lowest BCUT2D eigenvalue weighted by molar-refractivity contribution is 0.0935. The quantitative estimate of drug-likeness (QED) is 0.511. The standard InChI is InChI=1S/C30H34N2O/c1-2-29(27-16-15-23-7-3-5-9-26(23)19-27)31-30(33)25-13-11-22(12-14-25)20-32-18-17-24-8-4-6-10-28(24)21-32/h4,6,8,10-16,19,29H,2-3,5,7,9,17-18,20-21H2,1H3,(H,31,33). The maximum absolute atomic E-state index is 13.0. The first kappa shape index (κ1) is 21.9. The van der Waals surface area contributed by atoms with Crippen LogP contribution in [0.5, 0.6) is 0 Å². The van der Waals surface area contributed by atoms with Crippen LogP contribution in [0, 0.1) is 0 Å². The molecule has 5 rings (SSSR count). The Morgan fingerprint density at radius 1 is 0.879 bits per heavy atom. The molecule has 0 radical (unpaired) electrons. The molecule has 33 heavy (non-hydrogen) atoms. The summed E-state index contributed by atoms with van der Waals surface area (Å²) in [5, 5.41) is 3.27. The number of nitrogens with one attached hydrogen (secondary N) is 1. The molecule has 3 aromatic rings. The van der Waals surface area contributed by atoms with E-state index in [1.165, 1.54) is 52.6 Å². The van der Waals surface area contributed by atoms with Crippen LogP contribution in [0.15, 0.2) is 66.7 Å². The minimum absolute atomic E-state index is 0.0121. The zero-order valence-electron chi connectivity index (χ0n) is 19.6. The third kappa shape index (κ3) is 5.04. The summed E-state index contributed by atoms with van der Waals surface area (Å²) in [4.78, 5) is 15.5. The van der Waals surface area contributed by atoms with Crippen molar-refractivity contribution in [2.45, 2.75) is 64.6 Å². The molecule has 1 aliphatic heterocycles. The first-order valence-electron chi connectivity index (χ1n) is 12.5. The average molecular weight is 439 g/mol. The van der Waals surface area contributed by atoms with Crippen molar-refractivity contribution in [1.29, 1.82) is 0 Å². The minimum Gasteiger partial charge on any atom is -0.345 e. The molecule has 1 atom stereocenters. The molecule has 0 saturated carbocycles. The van der Waals surface area contributed by atoms with E-state index in [2.05, 4.69) is 71.7 Å². The molecule has 1 unspecified atom stereocenters. The van der Waals surface area contributed by atoms with E-state index < -0.39 is 0 Å². The number of hydrogen-bond acceptors (Lipinski definition) is 2. The zero-order valence-corrected chi connectivity index (χ0v) is 19.6. The lowest BCUT2D eigenvalue weighted by atomic mass is 9.88. The highest BCUT2D eigenvalue weighted by molar-refractivity contribution is 5.94. The summed E-state index contributed by atoms with van der Waals surface area (Å²) in [7, 11) is 0. The van der Waals surface area contributed by atoms with Gasteiger partial charge >= 0.3 is 0 Å². The number of fused-ring (bicyclic) bond motifs is 2. The van der Waals surface area contributed by atoms with E-state index in [9.17, 15) is 4.79 Å². The maximum Gasteiger partial charge on any atom is 0.251 e. The van der Waals surface area contributed by atoms with E-state index in [4.69, 9.17) is 0 Å². The lowest BCUT2D eigenvalue weighted by Gasteiger charge is -2.28. The molecule has 0 aromatic heterocycles. The Bertz CT molecular complexity index is 1120. The molecule has 0 saturated heterocycles. The predicted octanol–water partition coefficient (Wildman–Crippen LogP) is 6.00. The van der Waals surface area contributed by atoms with E-state index in [-0.39, 0.29) is 11.9 Å². The van der Waals surface area contributed by atoms with Crippen LogP contribution in [0.1, 0.15) is 76.0 Å². The van der Waals surface area contributed by atoms with Gasteiger partial charge in [0.05, 0.1) is 6.04 Å². The Morgan fingerprint density at radius 3 is 2.39 bits per heavy atom. The SMILES string of the molecule is CCC(NC(=O)c1ccc(CN2CCc3ccccc3C2)cc1)c1ccc2c(c1)CCCC2. The Hall–Kier alpha value is -2.91. The molecule has 3 heteroatoms. The monoisotopic (exact) mass is 438 g/mol. The molecule has 170 valence electrons. The Labute approximate surface area is 197 Å². The molecule has 1 heterocycles. The van der Waals surface area contributed by atoms with Crippen molar-refractivity contribution in [2.75, 3.05) is 6.54 Å². The Kier molecular flexibility index (Phi) is 6.59. The van der Waals surface area contributed by atoms with E-state index in [0.29, 0.717) is 0 Å². The van der Waals surface area contributed by atoms with E-state index in [1.54, 1.807) is 0 Å². The van der Waals surface area contributed by atoms with Crippen LogP contribution < -0.4 is 5.32 Å². The van der Waals surface area contributed by atoms with Gasteiger partial charge in [-0.15, -0.1) is 0 Å². The van der Waals surface area contributed by atoms with Crippen LogP contribution in [0.3, 0.4) is 0 Å². The van der Waals surface area contributed by atoms with Crippen LogP contribution in [-0.4, -0.2) is 17.4 Å². The van der Waals surface area contributed by atoms with Crippen molar-refractivity contribution in [3.8, 4) is 0 Å². The second kappa shape index (κ2) is 9.93. The van der Waals surface area contributed by atoms with Gasteiger partial charge in [-0.25, -0.2) is 0 Å². The van der Waals surface area contributed by atoms with Crippen molar-refractivity contribution in [1.82, 2.24) is 10.2 Å². The molecular weight excluding hydrogens is 404 g/mol. The third-order valence-electron chi connectivity index (χ3n) is 7.32. The van der Waals surface area contributed by atoms with Gasteiger partial charge in [0.15, 0.2) is 0 Å². The van der Waals surface area contributed by atoms with E-state index >= 15 is 0 Å². The fourth-order valence-electron chi connectivity index (χ4n) is 5.34. The van der Waals surface area contributed by atoms with Crippen molar-refractivity contribution < 1.29 is 4.79 Å². The van der Waals surface area contributed by atoms with Gasteiger partial charge in [0.25, 0.3) is 5.91 Å². The molecule has 1 aliphatic carbocycles. The van der Waals surface area contributed by atoms with Crippen molar-refractivity contribution in [3.63, 3.8) is 0 Å². The summed E-state index contributed by atoms with van der Waals surface area (Å²) < 4.78 is 0. The van der Waals surface area contributed by atoms with Gasteiger partial charge < -0.3 is 5.32 Å². The normalized spacial score (nSPS) is 16.5. The highest BCUT2D eigenvalue weighted by Gasteiger charge is 2.18. The average Bonchev–Trinajstić information content (AvgIpc) is 2.87. The molecule has 3 aromatic carbocycles. The molecule has 1 amide bonds. The number of rotatable bonds is 6. The number of carbonyl (C=O) groups excluding carboxylic acids is 1. The molecule has 1 N–H and O–H groups in total. The molecule has 0 bridgehead atoms. The van der Waals surface area contributed by atoms with Crippen LogP contribution in [-0.2, 0) is 32.4 Å². The summed E-state index contributed by atoms with van der Waals surface area (Å²) in [6, 6.07) is 23.8. The molecule has 0 fully saturated rings. The smallest absolute Gasteiger partial charge is 0.251 e. The van der Waals surface area contributed by atoms with Gasteiger partial charge in [-0.1, -0.05) is 61.5 Å². The summed E-state index contributed by atoms with van der Waals surface area (Å²) in [5.74, 6) is 0.0121. The lowest BCUT2D eigenvalue weighted by Crippen LogP contribution is -2.30. The number of carbonyl (C=O) groups is 1. The number of aryl methyl sites for hydroxylation is 2. The summed E-state index contributed by atoms with van der Waals surface area (Å²) in [5.41, 5.74) is 9.09. The van der Waals surface area contributed by atoms with Crippen molar-refractivity contribution in [3.05, 3.63) is 106 Å². The number of benzene rings is 3. The van der Waals surface area contributed by atoms with E-state index in [0.717, 1.165) is 44.5 Å². The number of nitrogens with zero attached hydrogens (tertiary/aromatic N) is 1. The fourth-order valence-corrected chi connectivity index (χ4v) is 5.34. The Morgan fingerprint density at radius 2 is 1.61 bits per heavy atom. The molecule has 3 nitrogen and oxygen atoms in total. The minimum atomic E-state index is 0.0121. The number of hydrogen-bond donors (Lipinski definition) is 1. The maximum atomic E-state index is 13.0. The van der Waals surface area contributed by atoms with Gasteiger partial charge in [-0.05, 0) is 84.0 Å². The van der Waals surface area contributed by atoms with Crippen LogP contribution in [0.2, 0.25) is 0 Å². The first-order valence-corrected chi connectivity index (χ1v) is 12.5. The number of amides is 1. The van der Waals surface area contributed by atoms with Crippen LogP contribution in [0.25, 0.3) is 0 Å². The predicted molar refractivity (Wildman–Crippen MR) is 134 cm³/mol. The van der Waals surface area contributed by atoms with Crippen molar-refractivity contribution >= 4 is 5.91 Å².